The molecule has 0 saturated heterocycles. The van der Waals surface area contributed by atoms with Crippen LogP contribution in [0.2, 0.25) is 0 Å². The summed E-state index contributed by atoms with van der Waals surface area (Å²) >= 11 is 0. The van der Waals surface area contributed by atoms with Crippen molar-refractivity contribution in [3.8, 4) is 5.75 Å². The van der Waals surface area contributed by atoms with Gasteiger partial charge in [-0.05, 0) is 42.5 Å². The Hall–Kier alpha value is -1.02. The minimum absolute atomic E-state index is 0.582. The van der Waals surface area contributed by atoms with Crippen LogP contribution in [0.1, 0.15) is 25.8 Å². The van der Waals surface area contributed by atoms with Crippen molar-refractivity contribution in [2.45, 2.75) is 26.7 Å². The summed E-state index contributed by atoms with van der Waals surface area (Å²) in [6.45, 7) is 5.27. The Morgan fingerprint density at radius 1 is 1.25 bits per heavy atom. The van der Waals surface area contributed by atoms with Gasteiger partial charge in [-0.15, -0.1) is 0 Å². The Kier molecular flexibility index (Phi) is 5.33. The maximum absolute atomic E-state index is 5.83. The van der Waals surface area contributed by atoms with Crippen molar-refractivity contribution in [1.29, 1.82) is 0 Å². The van der Waals surface area contributed by atoms with E-state index >= 15 is 0 Å². The smallest absolute Gasteiger partial charge is 0.118 e. The van der Waals surface area contributed by atoms with Crippen LogP contribution in [-0.4, -0.2) is 13.7 Å². The van der Waals surface area contributed by atoms with E-state index in [0.29, 0.717) is 11.8 Å². The molecule has 0 fully saturated rings. The van der Waals surface area contributed by atoms with Crippen molar-refractivity contribution in [3.63, 3.8) is 0 Å². The van der Waals surface area contributed by atoms with Gasteiger partial charge in [-0.3, -0.25) is 0 Å². The van der Waals surface area contributed by atoms with Gasteiger partial charge in [-0.25, -0.2) is 0 Å². The Morgan fingerprint density at radius 3 is 2.31 bits per heavy atom. The van der Waals surface area contributed by atoms with Crippen LogP contribution in [0.4, 0.5) is 0 Å². The quantitative estimate of drug-likeness (QED) is 0.801. The summed E-state index contributed by atoms with van der Waals surface area (Å²) in [7, 11) is 1.69. The van der Waals surface area contributed by atoms with E-state index in [0.717, 1.165) is 18.7 Å². The molecule has 0 aliphatic carbocycles. The minimum Gasteiger partial charge on any atom is -0.497 e. The van der Waals surface area contributed by atoms with Crippen LogP contribution in [-0.2, 0) is 6.42 Å². The zero-order valence-electron chi connectivity index (χ0n) is 10.6. The molecule has 2 nitrogen and oxygen atoms in total. The largest absolute Gasteiger partial charge is 0.497 e. The molecule has 2 N–H and O–H groups in total. The zero-order valence-corrected chi connectivity index (χ0v) is 10.6. The fourth-order valence-corrected chi connectivity index (χ4v) is 1.91. The topological polar surface area (TPSA) is 35.2 Å². The fraction of sp³-hybridized carbons (Fsp3) is 0.571. The molecule has 2 atom stereocenters. The number of benzene rings is 1. The highest BCUT2D eigenvalue weighted by atomic mass is 16.5. The molecule has 16 heavy (non-hydrogen) atoms. The Morgan fingerprint density at radius 2 is 1.88 bits per heavy atom. The summed E-state index contributed by atoms with van der Waals surface area (Å²) in [5, 5.41) is 0. The molecule has 2 heteroatoms. The lowest BCUT2D eigenvalue weighted by molar-refractivity contribution is 0.354. The summed E-state index contributed by atoms with van der Waals surface area (Å²) in [6.07, 6.45) is 2.26. The van der Waals surface area contributed by atoms with E-state index in [2.05, 4.69) is 26.0 Å². The van der Waals surface area contributed by atoms with Crippen molar-refractivity contribution in [2.75, 3.05) is 13.7 Å². The van der Waals surface area contributed by atoms with Crippen LogP contribution in [0.25, 0.3) is 0 Å². The average molecular weight is 221 g/mol. The number of methoxy groups -OCH3 is 1. The Bertz CT molecular complexity index is 294. The first-order chi connectivity index (χ1) is 7.71. The summed E-state index contributed by atoms with van der Waals surface area (Å²) in [5.41, 5.74) is 7.17. The molecule has 0 aromatic heterocycles. The second-order valence-corrected chi connectivity index (χ2v) is 4.43. The highest BCUT2D eigenvalue weighted by molar-refractivity contribution is 5.27. The molecule has 0 heterocycles. The Labute approximate surface area is 98.8 Å². The van der Waals surface area contributed by atoms with Gasteiger partial charge < -0.3 is 10.5 Å². The number of hydrogen-bond acceptors (Lipinski definition) is 2. The predicted octanol–water partition coefficient (Wildman–Crippen LogP) is 2.86. The van der Waals surface area contributed by atoms with Crippen LogP contribution in [0.15, 0.2) is 24.3 Å². The summed E-state index contributed by atoms with van der Waals surface area (Å²) in [6, 6.07) is 8.28. The third-order valence-corrected chi connectivity index (χ3v) is 3.41. The van der Waals surface area contributed by atoms with Crippen molar-refractivity contribution >= 4 is 0 Å². The maximum atomic E-state index is 5.83. The van der Waals surface area contributed by atoms with Crippen molar-refractivity contribution in [1.82, 2.24) is 0 Å². The Balaban J connectivity index is 2.63. The molecule has 0 spiro atoms. The molecule has 2 unspecified atom stereocenters. The number of hydrogen-bond donors (Lipinski definition) is 1. The van der Waals surface area contributed by atoms with Crippen LogP contribution in [0.3, 0.4) is 0 Å². The van der Waals surface area contributed by atoms with E-state index in [9.17, 15) is 0 Å². The van der Waals surface area contributed by atoms with Gasteiger partial charge >= 0.3 is 0 Å². The van der Waals surface area contributed by atoms with E-state index in [1.54, 1.807) is 7.11 Å². The van der Waals surface area contributed by atoms with Crippen LogP contribution >= 0.6 is 0 Å². The SMILES string of the molecule is CCC(C)C(CN)Cc1ccc(OC)cc1. The number of nitrogens with two attached hydrogens (primary N) is 1. The van der Waals surface area contributed by atoms with E-state index < -0.39 is 0 Å². The van der Waals surface area contributed by atoms with Gasteiger partial charge in [0.15, 0.2) is 0 Å². The third kappa shape index (κ3) is 3.53. The van der Waals surface area contributed by atoms with E-state index in [-0.39, 0.29) is 0 Å². The lowest BCUT2D eigenvalue weighted by Crippen LogP contribution is -2.23. The lowest BCUT2D eigenvalue weighted by Gasteiger charge is -2.21. The standard InChI is InChI=1S/C14H23NO/c1-4-11(2)13(10-15)9-12-5-7-14(16-3)8-6-12/h5-8,11,13H,4,9-10,15H2,1-3H3. The monoisotopic (exact) mass is 221 g/mol. The maximum Gasteiger partial charge on any atom is 0.118 e. The zero-order chi connectivity index (χ0) is 12.0. The van der Waals surface area contributed by atoms with Crippen molar-refractivity contribution in [2.24, 2.45) is 17.6 Å². The molecular weight excluding hydrogens is 198 g/mol. The van der Waals surface area contributed by atoms with Gasteiger partial charge in [0.1, 0.15) is 5.75 Å². The summed E-state index contributed by atoms with van der Waals surface area (Å²) < 4.78 is 5.14. The molecule has 0 amide bonds. The highest BCUT2D eigenvalue weighted by Crippen LogP contribution is 2.20. The predicted molar refractivity (Wildman–Crippen MR) is 68.7 cm³/mol. The first kappa shape index (κ1) is 13.0. The summed E-state index contributed by atoms with van der Waals surface area (Å²) in [5.74, 6) is 2.18. The molecule has 0 aliphatic heterocycles. The molecule has 1 aromatic rings. The molecule has 0 saturated carbocycles. The number of rotatable bonds is 6. The van der Waals surface area contributed by atoms with Crippen LogP contribution in [0.5, 0.6) is 5.75 Å². The van der Waals surface area contributed by atoms with Crippen LogP contribution < -0.4 is 10.5 Å². The molecule has 0 radical (unpaired) electrons. The molecular formula is C14H23NO. The summed E-state index contributed by atoms with van der Waals surface area (Å²) in [4.78, 5) is 0. The molecule has 0 bridgehead atoms. The van der Waals surface area contributed by atoms with E-state index in [1.807, 2.05) is 12.1 Å². The van der Waals surface area contributed by atoms with Crippen LogP contribution in [0, 0.1) is 11.8 Å². The third-order valence-electron chi connectivity index (χ3n) is 3.41. The molecule has 0 aliphatic rings. The van der Waals surface area contributed by atoms with E-state index in [1.165, 1.54) is 12.0 Å². The second kappa shape index (κ2) is 6.54. The normalized spacial score (nSPS) is 14.5. The number of ether oxygens (including phenoxy) is 1. The first-order valence-corrected chi connectivity index (χ1v) is 6.04. The second-order valence-electron chi connectivity index (χ2n) is 4.43. The van der Waals surface area contributed by atoms with Gasteiger partial charge in [-0.2, -0.15) is 0 Å². The van der Waals surface area contributed by atoms with Crippen molar-refractivity contribution in [3.05, 3.63) is 29.8 Å². The van der Waals surface area contributed by atoms with Crippen molar-refractivity contribution < 1.29 is 4.74 Å². The minimum atomic E-state index is 0.582. The van der Waals surface area contributed by atoms with Gasteiger partial charge in [0.05, 0.1) is 7.11 Å². The van der Waals surface area contributed by atoms with Gasteiger partial charge in [-0.1, -0.05) is 32.4 Å². The van der Waals surface area contributed by atoms with Gasteiger partial charge in [0, 0.05) is 0 Å². The lowest BCUT2D eigenvalue weighted by atomic mass is 9.86. The van der Waals surface area contributed by atoms with Gasteiger partial charge in [0.2, 0.25) is 0 Å². The van der Waals surface area contributed by atoms with E-state index in [4.69, 9.17) is 10.5 Å². The highest BCUT2D eigenvalue weighted by Gasteiger charge is 2.14. The molecule has 1 rings (SSSR count). The first-order valence-electron chi connectivity index (χ1n) is 6.04. The average Bonchev–Trinajstić information content (AvgIpc) is 2.35. The van der Waals surface area contributed by atoms with Gasteiger partial charge in [0.25, 0.3) is 0 Å². The molecule has 1 aromatic carbocycles. The fourth-order valence-electron chi connectivity index (χ4n) is 1.91. The molecule has 90 valence electrons.